The van der Waals surface area contributed by atoms with Crippen LogP contribution < -0.4 is 5.73 Å². The van der Waals surface area contributed by atoms with E-state index < -0.39 is 0 Å². The van der Waals surface area contributed by atoms with E-state index in [1.807, 2.05) is 0 Å². The van der Waals surface area contributed by atoms with Gasteiger partial charge in [0.25, 0.3) is 0 Å². The highest BCUT2D eigenvalue weighted by molar-refractivity contribution is 4.97. The van der Waals surface area contributed by atoms with Crippen LogP contribution in [0.5, 0.6) is 0 Å². The summed E-state index contributed by atoms with van der Waals surface area (Å²) in [7, 11) is 0. The first-order valence-electron chi connectivity index (χ1n) is 5.58. The fourth-order valence-corrected chi connectivity index (χ4v) is 2.25. The van der Waals surface area contributed by atoms with Gasteiger partial charge < -0.3 is 15.4 Å². The second-order valence-electron chi connectivity index (χ2n) is 4.15. The molecule has 1 aliphatic carbocycles. The van der Waals surface area contributed by atoms with E-state index in [9.17, 15) is 0 Å². The molecule has 1 unspecified atom stereocenters. The number of nitrogens with zero attached hydrogens (tertiary/aromatic N) is 3. The Bertz CT molecular complexity index is 306. The number of rotatable bonds is 4. The normalized spacial score (nSPS) is 19.6. The van der Waals surface area contributed by atoms with E-state index in [1.165, 1.54) is 25.7 Å². The minimum absolute atomic E-state index is 0.0959. The molecule has 0 bridgehead atoms. The zero-order valence-corrected chi connectivity index (χ0v) is 8.84. The molecule has 1 aromatic heterocycles. The van der Waals surface area contributed by atoms with Crippen molar-refractivity contribution >= 4 is 0 Å². The van der Waals surface area contributed by atoms with E-state index >= 15 is 0 Å². The van der Waals surface area contributed by atoms with E-state index in [1.54, 1.807) is 6.33 Å². The zero-order chi connectivity index (χ0) is 10.7. The van der Waals surface area contributed by atoms with Crippen molar-refractivity contribution in [1.29, 1.82) is 0 Å². The van der Waals surface area contributed by atoms with Crippen LogP contribution in [0.1, 0.15) is 50.0 Å². The lowest BCUT2D eigenvalue weighted by molar-refractivity contribution is 0.272. The first-order chi connectivity index (χ1) is 7.33. The van der Waals surface area contributed by atoms with Crippen molar-refractivity contribution in [3.8, 4) is 0 Å². The smallest absolute Gasteiger partial charge is 0.150 e. The maximum absolute atomic E-state index is 8.85. The summed E-state index contributed by atoms with van der Waals surface area (Å²) >= 11 is 0. The van der Waals surface area contributed by atoms with Crippen molar-refractivity contribution in [3.05, 3.63) is 12.2 Å². The molecule has 2 rings (SSSR count). The van der Waals surface area contributed by atoms with Crippen molar-refractivity contribution in [1.82, 2.24) is 14.8 Å². The van der Waals surface area contributed by atoms with Crippen molar-refractivity contribution in [2.45, 2.75) is 44.2 Å². The fourth-order valence-electron chi connectivity index (χ4n) is 2.25. The quantitative estimate of drug-likeness (QED) is 0.769. The predicted octanol–water partition coefficient (Wildman–Crippen LogP) is 0.775. The minimum atomic E-state index is -0.196. The van der Waals surface area contributed by atoms with Gasteiger partial charge in [-0.05, 0) is 19.3 Å². The highest BCUT2D eigenvalue weighted by atomic mass is 16.3. The van der Waals surface area contributed by atoms with Crippen molar-refractivity contribution in [3.63, 3.8) is 0 Å². The lowest BCUT2D eigenvalue weighted by Crippen LogP contribution is -2.19. The molecule has 1 fully saturated rings. The third kappa shape index (κ3) is 2.18. The molecule has 0 spiro atoms. The van der Waals surface area contributed by atoms with Crippen LogP contribution in [0.2, 0.25) is 0 Å². The number of nitrogens with two attached hydrogens (primary N) is 1. The molecule has 1 heterocycles. The lowest BCUT2D eigenvalue weighted by Gasteiger charge is -2.16. The molecule has 0 amide bonds. The molecule has 0 aliphatic heterocycles. The van der Waals surface area contributed by atoms with Gasteiger partial charge in [-0.1, -0.05) is 12.8 Å². The molecule has 15 heavy (non-hydrogen) atoms. The summed E-state index contributed by atoms with van der Waals surface area (Å²) in [5.74, 6) is 0.816. The van der Waals surface area contributed by atoms with Gasteiger partial charge >= 0.3 is 0 Å². The SMILES string of the molecule is NC(CCO)c1nncn1C1CCCC1. The van der Waals surface area contributed by atoms with Crippen molar-refractivity contribution in [2.75, 3.05) is 6.61 Å². The van der Waals surface area contributed by atoms with Crippen LogP contribution in [0.4, 0.5) is 0 Å². The fraction of sp³-hybridized carbons (Fsp3) is 0.800. The van der Waals surface area contributed by atoms with E-state index in [4.69, 9.17) is 10.8 Å². The Hall–Kier alpha value is -0.940. The van der Waals surface area contributed by atoms with Crippen LogP contribution in [0.25, 0.3) is 0 Å². The number of aromatic nitrogens is 3. The highest BCUT2D eigenvalue weighted by Gasteiger charge is 2.22. The molecule has 1 aromatic rings. The third-order valence-corrected chi connectivity index (χ3v) is 3.09. The molecule has 3 N–H and O–H groups in total. The lowest BCUT2D eigenvalue weighted by atomic mass is 10.2. The second-order valence-corrected chi connectivity index (χ2v) is 4.15. The Balaban J connectivity index is 2.13. The van der Waals surface area contributed by atoms with Gasteiger partial charge in [0, 0.05) is 12.6 Å². The Morgan fingerprint density at radius 1 is 1.53 bits per heavy atom. The largest absolute Gasteiger partial charge is 0.396 e. The molecule has 1 atom stereocenters. The zero-order valence-electron chi connectivity index (χ0n) is 8.84. The molecule has 5 nitrogen and oxygen atoms in total. The maximum Gasteiger partial charge on any atom is 0.150 e. The van der Waals surface area contributed by atoms with Gasteiger partial charge in [-0.25, -0.2) is 0 Å². The van der Waals surface area contributed by atoms with E-state index in [-0.39, 0.29) is 12.6 Å². The van der Waals surface area contributed by atoms with Gasteiger partial charge in [-0.2, -0.15) is 0 Å². The Kier molecular flexibility index (Phi) is 3.33. The average molecular weight is 210 g/mol. The average Bonchev–Trinajstić information content (AvgIpc) is 2.88. The van der Waals surface area contributed by atoms with E-state index in [0.29, 0.717) is 12.5 Å². The summed E-state index contributed by atoms with van der Waals surface area (Å²) < 4.78 is 2.09. The van der Waals surface area contributed by atoms with E-state index in [0.717, 1.165) is 5.82 Å². The summed E-state index contributed by atoms with van der Waals surface area (Å²) in [6, 6.07) is 0.317. The van der Waals surface area contributed by atoms with Crippen LogP contribution in [-0.4, -0.2) is 26.5 Å². The third-order valence-electron chi connectivity index (χ3n) is 3.09. The number of aliphatic hydroxyl groups excluding tert-OH is 1. The van der Waals surface area contributed by atoms with Gasteiger partial charge in [0.1, 0.15) is 12.2 Å². The number of hydrogen-bond donors (Lipinski definition) is 2. The van der Waals surface area contributed by atoms with Gasteiger partial charge in [0.05, 0.1) is 6.04 Å². The second kappa shape index (κ2) is 4.72. The molecule has 5 heteroatoms. The summed E-state index contributed by atoms with van der Waals surface area (Å²) in [5.41, 5.74) is 5.94. The standard InChI is InChI=1S/C10H18N4O/c11-9(5-6-15)10-13-12-7-14(10)8-3-1-2-4-8/h7-9,15H,1-6,11H2. The predicted molar refractivity (Wildman–Crippen MR) is 56.2 cm³/mol. The summed E-state index contributed by atoms with van der Waals surface area (Å²) in [4.78, 5) is 0. The Morgan fingerprint density at radius 2 is 2.27 bits per heavy atom. The maximum atomic E-state index is 8.85. The number of hydrogen-bond acceptors (Lipinski definition) is 4. The van der Waals surface area contributed by atoms with Gasteiger partial charge in [-0.3, -0.25) is 0 Å². The molecular formula is C10H18N4O. The van der Waals surface area contributed by atoms with Gasteiger partial charge in [0.2, 0.25) is 0 Å². The number of aliphatic hydroxyl groups is 1. The van der Waals surface area contributed by atoms with Crippen LogP contribution in [0.3, 0.4) is 0 Å². The van der Waals surface area contributed by atoms with Crippen LogP contribution in [-0.2, 0) is 0 Å². The molecule has 84 valence electrons. The minimum Gasteiger partial charge on any atom is -0.396 e. The molecule has 0 radical (unpaired) electrons. The summed E-state index contributed by atoms with van der Waals surface area (Å²) in [6.45, 7) is 0.0959. The highest BCUT2D eigenvalue weighted by Crippen LogP contribution is 2.31. The van der Waals surface area contributed by atoms with Crippen molar-refractivity contribution < 1.29 is 5.11 Å². The topological polar surface area (TPSA) is 77.0 Å². The van der Waals surface area contributed by atoms with Gasteiger partial charge in [0.15, 0.2) is 0 Å². The summed E-state index contributed by atoms with van der Waals surface area (Å²) in [5, 5.41) is 16.8. The van der Waals surface area contributed by atoms with Crippen LogP contribution in [0, 0.1) is 0 Å². The summed E-state index contributed by atoms with van der Waals surface area (Å²) in [6.07, 6.45) is 7.25. The monoisotopic (exact) mass is 210 g/mol. The Labute approximate surface area is 89.3 Å². The van der Waals surface area contributed by atoms with Crippen LogP contribution >= 0.6 is 0 Å². The van der Waals surface area contributed by atoms with Crippen LogP contribution in [0.15, 0.2) is 6.33 Å². The van der Waals surface area contributed by atoms with Crippen molar-refractivity contribution in [2.24, 2.45) is 5.73 Å². The molecule has 0 aromatic carbocycles. The van der Waals surface area contributed by atoms with E-state index in [2.05, 4.69) is 14.8 Å². The molecule has 1 aliphatic rings. The first-order valence-corrected chi connectivity index (χ1v) is 5.58. The molecule has 0 saturated heterocycles. The Morgan fingerprint density at radius 3 is 2.93 bits per heavy atom. The first kappa shape index (κ1) is 10.6. The molecule has 1 saturated carbocycles. The van der Waals surface area contributed by atoms with Gasteiger partial charge in [-0.15, -0.1) is 10.2 Å². The molecular weight excluding hydrogens is 192 g/mol.